The van der Waals surface area contributed by atoms with E-state index in [2.05, 4.69) is 29.2 Å². The topological polar surface area (TPSA) is 106 Å². The van der Waals surface area contributed by atoms with Crippen LogP contribution in [0.2, 0.25) is 0 Å². The molecule has 0 saturated carbocycles. The van der Waals surface area contributed by atoms with Gasteiger partial charge in [-0.1, -0.05) is 0 Å². The van der Waals surface area contributed by atoms with Crippen molar-refractivity contribution in [1.82, 2.24) is 0 Å². The van der Waals surface area contributed by atoms with Gasteiger partial charge in [0, 0.05) is 0 Å². The SMILES string of the molecule is Cl.O.O=S(=O)(O)O.[BaH2].[Cl][Ag].[KH].[NaH]. The molecule has 0 atom stereocenters. The van der Waals surface area contributed by atoms with Gasteiger partial charge in [-0.2, -0.15) is 8.42 Å². The van der Waals surface area contributed by atoms with Crippen LogP contribution in [0.3, 0.4) is 0 Å². The first kappa shape index (κ1) is 43.3. The average molecular weight is 499 g/mol. The van der Waals surface area contributed by atoms with Crippen LogP contribution in [-0.4, -0.2) is 153 Å². The maximum absolute atomic E-state index is 8.74. The molecule has 0 aromatic heterocycles. The van der Waals surface area contributed by atoms with Gasteiger partial charge < -0.3 is 5.48 Å². The molecule has 0 radical (unpaired) electrons. The van der Waals surface area contributed by atoms with Crippen LogP contribution in [-0.2, 0) is 30.4 Å². The van der Waals surface area contributed by atoms with Crippen molar-refractivity contribution in [3.05, 3.63) is 0 Å². The molecule has 5 nitrogen and oxygen atoms in total. The minimum atomic E-state index is -4.67. The van der Waals surface area contributed by atoms with Crippen LogP contribution >= 0.6 is 21.6 Å². The van der Waals surface area contributed by atoms with Gasteiger partial charge in [0.15, 0.2) is 0 Å². The predicted octanol–water partition coefficient (Wildman–Crippen LogP) is -2.58. The summed E-state index contributed by atoms with van der Waals surface area (Å²) in [6.45, 7) is 0. The molecule has 0 aliphatic heterocycles. The second kappa shape index (κ2) is 29.9. The second-order valence-corrected chi connectivity index (χ2v) is 1.34. The Bertz CT molecular complexity index is 113. The van der Waals surface area contributed by atoms with Crippen LogP contribution < -0.4 is 0 Å². The average Bonchev–Trinajstić information content (AvgIpc) is 1.36. The van der Waals surface area contributed by atoms with Crippen molar-refractivity contribution >= 4 is 162 Å². The monoisotopic (exact) mass is 498 g/mol. The maximum atomic E-state index is 8.74. The van der Waals surface area contributed by atoms with Crippen molar-refractivity contribution < 1.29 is 43.0 Å². The first-order chi connectivity index (χ1) is 3.00. The standard InChI is InChI=1S/Ag.Ba.2ClH.K.Na.H2O4S.H2O.4H/c;;;;;;1-5(2,3)4;;;;;/h;;2*1H;;;(H2,1,2,3,4);1H2;;;;/q+1;;;;;;;;;;;/p-1. The molecule has 0 saturated heterocycles. The van der Waals surface area contributed by atoms with Crippen LogP contribution in [0.25, 0.3) is 0 Å². The summed E-state index contributed by atoms with van der Waals surface area (Å²) in [5.41, 5.74) is 0. The zero-order chi connectivity index (χ0) is 6.50. The summed E-state index contributed by atoms with van der Waals surface area (Å²) in [6.07, 6.45) is 0. The Kier molecular flexibility index (Phi) is 108. The Balaban J connectivity index is -0.00000000671. The van der Waals surface area contributed by atoms with Crippen molar-refractivity contribution in [1.29, 1.82) is 0 Å². The van der Waals surface area contributed by atoms with E-state index in [1.54, 1.807) is 0 Å². The molecule has 0 spiro atoms. The molecule has 0 aromatic carbocycles. The molecule has 4 N–H and O–H groups in total. The van der Waals surface area contributed by atoms with Gasteiger partial charge in [0.05, 0.1) is 0 Å². The summed E-state index contributed by atoms with van der Waals surface area (Å²) in [7, 11) is -0.218. The third-order valence-corrected chi connectivity index (χ3v) is 0. The number of rotatable bonds is 0. The first-order valence-electron chi connectivity index (χ1n) is 0.812. The molecule has 0 heterocycles. The molecule has 74 valence electrons. The molecule has 0 amide bonds. The van der Waals surface area contributed by atoms with E-state index in [-0.39, 0.29) is 148 Å². The molecule has 0 aliphatic rings. The van der Waals surface area contributed by atoms with Crippen LogP contribution in [0.1, 0.15) is 0 Å². The van der Waals surface area contributed by atoms with Gasteiger partial charge in [0.2, 0.25) is 0 Å². The fourth-order valence-corrected chi connectivity index (χ4v) is 0. The molecular formula is H9AgBaCl2KNaO5S. The quantitative estimate of drug-likeness (QED) is 0.282. The number of hydrogen-bond acceptors (Lipinski definition) is 2. The van der Waals surface area contributed by atoms with Gasteiger partial charge in [-0.25, -0.2) is 0 Å². The van der Waals surface area contributed by atoms with E-state index in [1.807, 2.05) is 0 Å². The molecule has 0 aromatic rings. The van der Waals surface area contributed by atoms with E-state index in [4.69, 9.17) is 17.5 Å². The molecule has 0 bridgehead atoms. The van der Waals surface area contributed by atoms with Gasteiger partial charge >= 0.3 is 169 Å². The Morgan fingerprint density at radius 1 is 1.17 bits per heavy atom. The van der Waals surface area contributed by atoms with Crippen LogP contribution in [0.5, 0.6) is 0 Å². The van der Waals surface area contributed by atoms with Crippen molar-refractivity contribution in [2.45, 2.75) is 0 Å². The van der Waals surface area contributed by atoms with Gasteiger partial charge in [-0.3, -0.25) is 9.11 Å². The van der Waals surface area contributed by atoms with Crippen LogP contribution in [0, 0.1) is 0 Å². The fourth-order valence-electron chi connectivity index (χ4n) is 0. The third kappa shape index (κ3) is 110. The molecule has 0 fully saturated rings. The predicted molar refractivity (Wildman–Crippen MR) is 53.7 cm³/mol. The van der Waals surface area contributed by atoms with Crippen molar-refractivity contribution in [2.75, 3.05) is 0 Å². The summed E-state index contributed by atoms with van der Waals surface area (Å²) >= 11 is 2.42. The summed E-state index contributed by atoms with van der Waals surface area (Å²) in [6, 6.07) is 0. The number of hydrogen-bond donors (Lipinski definition) is 2. The van der Waals surface area contributed by atoms with E-state index in [9.17, 15) is 0 Å². The Labute approximate surface area is 199 Å². The second-order valence-electron chi connectivity index (χ2n) is 0.448. The number of halogens is 2. The van der Waals surface area contributed by atoms with Crippen molar-refractivity contribution in [3.8, 4) is 0 Å². The van der Waals surface area contributed by atoms with E-state index in [0.29, 0.717) is 0 Å². The zero-order valence-corrected chi connectivity index (χ0v) is 7.58. The summed E-state index contributed by atoms with van der Waals surface area (Å²) in [5, 5.41) is 0. The Morgan fingerprint density at radius 2 is 1.17 bits per heavy atom. The van der Waals surface area contributed by atoms with Crippen LogP contribution in [0.4, 0.5) is 0 Å². The molecule has 0 rings (SSSR count). The molecule has 12 heteroatoms. The molecule has 0 unspecified atom stereocenters. The first-order valence-corrected chi connectivity index (χ1v) is 4.12. The Morgan fingerprint density at radius 3 is 1.17 bits per heavy atom. The summed E-state index contributed by atoms with van der Waals surface area (Å²) < 4.78 is 31.6. The van der Waals surface area contributed by atoms with Gasteiger partial charge in [-0.15, -0.1) is 12.4 Å². The third-order valence-electron chi connectivity index (χ3n) is 0. The zero-order valence-electron chi connectivity index (χ0n) is 3.71. The fraction of sp³-hybridized carbons (Fsp3) is 0. The Hall–Kier alpha value is 5.36. The minimum absolute atomic E-state index is 0. The van der Waals surface area contributed by atoms with E-state index in [1.165, 1.54) is 0 Å². The van der Waals surface area contributed by atoms with Crippen LogP contribution in [0.15, 0.2) is 0 Å². The van der Waals surface area contributed by atoms with E-state index < -0.39 is 10.4 Å². The van der Waals surface area contributed by atoms with Crippen molar-refractivity contribution in [2.24, 2.45) is 0 Å². The molecule has 12 heavy (non-hydrogen) atoms. The summed E-state index contributed by atoms with van der Waals surface area (Å²) in [5.74, 6) is 0. The molecule has 0 aliphatic carbocycles. The summed E-state index contributed by atoms with van der Waals surface area (Å²) in [4.78, 5) is 0. The molecular weight excluding hydrogens is 490 g/mol. The van der Waals surface area contributed by atoms with E-state index in [0.717, 1.165) is 0 Å². The van der Waals surface area contributed by atoms with E-state index >= 15 is 0 Å². The van der Waals surface area contributed by atoms with Gasteiger partial charge in [0.25, 0.3) is 0 Å². The van der Waals surface area contributed by atoms with Gasteiger partial charge in [-0.05, 0) is 0 Å². The van der Waals surface area contributed by atoms with Crippen molar-refractivity contribution in [3.63, 3.8) is 0 Å². The normalized spacial score (nSPS) is 5.42. The van der Waals surface area contributed by atoms with Gasteiger partial charge in [0.1, 0.15) is 0 Å².